The van der Waals surface area contributed by atoms with Crippen molar-refractivity contribution in [3.8, 4) is 10.6 Å². The number of oxazole rings is 1. The van der Waals surface area contributed by atoms with Crippen LogP contribution in [0.3, 0.4) is 0 Å². The first-order valence-electron chi connectivity index (χ1n) is 3.00. The molecule has 2 nitrogen and oxygen atoms in total. The van der Waals surface area contributed by atoms with Crippen LogP contribution in [0, 0.1) is 0 Å². The third-order valence-corrected chi connectivity index (χ3v) is 2.89. The second-order valence-corrected chi connectivity index (χ2v) is 4.43. The van der Waals surface area contributed by atoms with Gasteiger partial charge in [-0.1, -0.05) is 0 Å². The van der Waals surface area contributed by atoms with Crippen LogP contribution in [-0.4, -0.2) is 4.98 Å². The summed E-state index contributed by atoms with van der Waals surface area (Å²) >= 11 is 5.00. The quantitative estimate of drug-likeness (QED) is 0.751. The fraction of sp³-hybridized carbons (Fsp3) is 0. The maximum absolute atomic E-state index is 5.11. The van der Waals surface area contributed by atoms with E-state index in [-0.39, 0.29) is 0 Å². The Morgan fingerprint density at radius 2 is 2.36 bits per heavy atom. The molecule has 4 heteroatoms. The van der Waals surface area contributed by atoms with Crippen molar-refractivity contribution in [3.63, 3.8) is 0 Å². The number of nitrogens with zero attached hydrogens (tertiary/aromatic N) is 1. The van der Waals surface area contributed by atoms with Crippen LogP contribution in [0.5, 0.6) is 0 Å². The summed E-state index contributed by atoms with van der Waals surface area (Å²) in [5.74, 6) is 0.820. The van der Waals surface area contributed by atoms with Crippen molar-refractivity contribution in [3.05, 3.63) is 28.5 Å². The third kappa shape index (κ3) is 1.36. The molecule has 11 heavy (non-hydrogen) atoms. The van der Waals surface area contributed by atoms with Gasteiger partial charge in [0.05, 0.1) is 14.9 Å². The molecule has 0 spiro atoms. The topological polar surface area (TPSA) is 26.0 Å². The van der Waals surface area contributed by atoms with Gasteiger partial charge in [-0.15, -0.1) is 11.3 Å². The second kappa shape index (κ2) is 2.79. The molecule has 0 N–H and O–H groups in total. The summed E-state index contributed by atoms with van der Waals surface area (Å²) in [5.41, 5.74) is 0. The summed E-state index contributed by atoms with van der Waals surface area (Å²) in [6.07, 6.45) is 3.14. The lowest BCUT2D eigenvalue weighted by Crippen LogP contribution is -1.59. The minimum atomic E-state index is 0.820. The van der Waals surface area contributed by atoms with Gasteiger partial charge in [0.2, 0.25) is 0 Å². The van der Waals surface area contributed by atoms with E-state index in [0.29, 0.717) is 0 Å². The summed E-state index contributed by atoms with van der Waals surface area (Å²) in [5, 5.41) is 0. The van der Waals surface area contributed by atoms with Gasteiger partial charge in [0.15, 0.2) is 12.2 Å². The van der Waals surface area contributed by atoms with Crippen molar-refractivity contribution in [1.82, 2.24) is 4.98 Å². The predicted octanol–water partition coefficient (Wildman–Crippen LogP) is 3.17. The molecule has 2 aromatic rings. The Morgan fingerprint density at radius 3 is 2.91 bits per heavy atom. The first kappa shape index (κ1) is 7.06. The molecule has 0 aliphatic carbocycles. The molecule has 56 valence electrons. The molecule has 0 aliphatic heterocycles. The van der Waals surface area contributed by atoms with Crippen LogP contribution >= 0.6 is 27.3 Å². The summed E-state index contributed by atoms with van der Waals surface area (Å²) < 4.78 is 6.21. The lowest BCUT2D eigenvalue weighted by Gasteiger charge is -1.83. The molecule has 2 heterocycles. The van der Waals surface area contributed by atoms with Crippen molar-refractivity contribution in [2.45, 2.75) is 0 Å². The maximum atomic E-state index is 5.11. The number of hydrogen-bond donors (Lipinski definition) is 0. The van der Waals surface area contributed by atoms with E-state index in [0.717, 1.165) is 14.4 Å². The van der Waals surface area contributed by atoms with Crippen LogP contribution in [0.25, 0.3) is 10.6 Å². The van der Waals surface area contributed by atoms with Gasteiger partial charge in [-0.3, -0.25) is 0 Å². The highest BCUT2D eigenvalue weighted by atomic mass is 79.9. The Kier molecular flexibility index (Phi) is 1.79. The smallest absolute Gasteiger partial charge is 0.181 e. The molecular weight excluding hydrogens is 226 g/mol. The van der Waals surface area contributed by atoms with Crippen LogP contribution in [-0.2, 0) is 0 Å². The number of halogens is 1. The van der Waals surface area contributed by atoms with Gasteiger partial charge in [0.1, 0.15) is 0 Å². The second-order valence-electron chi connectivity index (χ2n) is 1.97. The van der Waals surface area contributed by atoms with Crippen LogP contribution < -0.4 is 0 Å². The highest BCUT2D eigenvalue weighted by molar-refractivity contribution is 9.11. The fourth-order valence-electron chi connectivity index (χ4n) is 0.784. The third-order valence-electron chi connectivity index (χ3n) is 1.25. The van der Waals surface area contributed by atoms with E-state index in [1.54, 1.807) is 17.5 Å². The monoisotopic (exact) mass is 229 g/mol. The van der Waals surface area contributed by atoms with E-state index in [1.165, 1.54) is 6.39 Å². The first-order valence-corrected chi connectivity index (χ1v) is 4.61. The SMILES string of the molecule is Brc1ccc(-c2cnco2)s1. The van der Waals surface area contributed by atoms with Crippen LogP contribution in [0.15, 0.2) is 32.9 Å². The zero-order chi connectivity index (χ0) is 7.68. The Labute approximate surface area is 76.0 Å². The number of aromatic nitrogens is 1. The van der Waals surface area contributed by atoms with Gasteiger partial charge in [0.25, 0.3) is 0 Å². The highest BCUT2D eigenvalue weighted by Crippen LogP contribution is 2.30. The zero-order valence-electron chi connectivity index (χ0n) is 5.45. The Hall–Kier alpha value is -0.610. The molecule has 0 unspecified atom stereocenters. The molecule has 0 amide bonds. The normalized spacial score (nSPS) is 10.3. The largest absolute Gasteiger partial charge is 0.443 e. The molecule has 0 aromatic carbocycles. The number of hydrogen-bond acceptors (Lipinski definition) is 3. The van der Waals surface area contributed by atoms with Crippen LogP contribution in [0.4, 0.5) is 0 Å². The molecule has 2 rings (SSSR count). The number of rotatable bonds is 1. The molecule has 0 saturated carbocycles. The minimum absolute atomic E-state index is 0.820. The van der Waals surface area contributed by atoms with Gasteiger partial charge in [-0.2, -0.15) is 0 Å². The Morgan fingerprint density at radius 1 is 1.45 bits per heavy atom. The standard InChI is InChI=1S/C7H4BrNOS/c8-7-2-1-6(11-7)5-3-9-4-10-5/h1-4H. The van der Waals surface area contributed by atoms with E-state index in [1.807, 2.05) is 12.1 Å². The predicted molar refractivity (Wildman–Crippen MR) is 47.5 cm³/mol. The van der Waals surface area contributed by atoms with Crippen LogP contribution in [0.2, 0.25) is 0 Å². The van der Waals surface area contributed by atoms with Gasteiger partial charge < -0.3 is 4.42 Å². The summed E-state index contributed by atoms with van der Waals surface area (Å²) in [6.45, 7) is 0. The summed E-state index contributed by atoms with van der Waals surface area (Å²) in [7, 11) is 0. The van der Waals surface area contributed by atoms with Crippen LogP contribution in [0.1, 0.15) is 0 Å². The molecule has 0 radical (unpaired) electrons. The molecule has 0 aliphatic rings. The maximum Gasteiger partial charge on any atom is 0.181 e. The molecule has 2 aromatic heterocycles. The average Bonchev–Trinajstić information content (AvgIpc) is 2.55. The Bertz CT molecular complexity index is 341. The first-order chi connectivity index (χ1) is 5.36. The molecule has 0 fully saturated rings. The average molecular weight is 230 g/mol. The molecule has 0 saturated heterocycles. The Balaban J connectivity index is 2.45. The van der Waals surface area contributed by atoms with E-state index in [2.05, 4.69) is 20.9 Å². The zero-order valence-corrected chi connectivity index (χ0v) is 7.85. The van der Waals surface area contributed by atoms with Gasteiger partial charge >= 0.3 is 0 Å². The lowest BCUT2D eigenvalue weighted by atomic mass is 10.4. The molecule has 0 atom stereocenters. The lowest BCUT2D eigenvalue weighted by molar-refractivity contribution is 0.573. The molecule has 0 bridgehead atoms. The van der Waals surface area contributed by atoms with E-state index in [4.69, 9.17) is 4.42 Å². The number of thiophene rings is 1. The van der Waals surface area contributed by atoms with Crippen molar-refractivity contribution in [1.29, 1.82) is 0 Å². The molecular formula is C7H4BrNOS. The summed E-state index contributed by atoms with van der Waals surface area (Å²) in [6, 6.07) is 3.98. The van der Waals surface area contributed by atoms with Crippen molar-refractivity contribution >= 4 is 27.3 Å². The highest BCUT2D eigenvalue weighted by Gasteiger charge is 2.02. The van der Waals surface area contributed by atoms with Crippen molar-refractivity contribution < 1.29 is 4.42 Å². The van der Waals surface area contributed by atoms with Crippen molar-refractivity contribution in [2.75, 3.05) is 0 Å². The van der Waals surface area contributed by atoms with E-state index < -0.39 is 0 Å². The van der Waals surface area contributed by atoms with Gasteiger partial charge in [-0.25, -0.2) is 4.98 Å². The van der Waals surface area contributed by atoms with Gasteiger partial charge in [0, 0.05) is 0 Å². The van der Waals surface area contributed by atoms with E-state index >= 15 is 0 Å². The minimum Gasteiger partial charge on any atom is -0.443 e. The van der Waals surface area contributed by atoms with Gasteiger partial charge in [-0.05, 0) is 28.1 Å². The summed E-state index contributed by atoms with van der Waals surface area (Å²) in [4.78, 5) is 4.92. The fourth-order valence-corrected chi connectivity index (χ4v) is 2.12. The van der Waals surface area contributed by atoms with E-state index in [9.17, 15) is 0 Å². The van der Waals surface area contributed by atoms with Crippen molar-refractivity contribution in [2.24, 2.45) is 0 Å².